The van der Waals surface area contributed by atoms with Crippen LogP contribution in [0.2, 0.25) is 5.02 Å². The summed E-state index contributed by atoms with van der Waals surface area (Å²) in [5.74, 6) is 0.740. The highest BCUT2D eigenvalue weighted by Gasteiger charge is 2.33. The SMILES string of the molecule is CN(c1ccncc1Cl)C(CN)C1CC1. The first-order valence-corrected chi connectivity index (χ1v) is 5.64. The summed E-state index contributed by atoms with van der Waals surface area (Å²) in [6.07, 6.45) is 6.01. The van der Waals surface area contributed by atoms with Gasteiger partial charge in [-0.15, -0.1) is 0 Å². The van der Waals surface area contributed by atoms with Gasteiger partial charge >= 0.3 is 0 Å². The maximum Gasteiger partial charge on any atom is 0.0822 e. The van der Waals surface area contributed by atoms with Crippen LogP contribution in [0.4, 0.5) is 5.69 Å². The van der Waals surface area contributed by atoms with Crippen molar-refractivity contribution in [3.8, 4) is 0 Å². The number of hydrogen-bond acceptors (Lipinski definition) is 3. The molecule has 82 valence electrons. The Hall–Kier alpha value is -0.800. The van der Waals surface area contributed by atoms with Gasteiger partial charge in [0, 0.05) is 32.0 Å². The average Bonchev–Trinajstić information content (AvgIpc) is 3.03. The van der Waals surface area contributed by atoms with Gasteiger partial charge in [0.05, 0.1) is 10.7 Å². The van der Waals surface area contributed by atoms with Crippen LogP contribution in [0.3, 0.4) is 0 Å². The maximum absolute atomic E-state index is 6.10. The highest BCUT2D eigenvalue weighted by Crippen LogP contribution is 2.37. The predicted octanol–water partition coefficient (Wildman–Crippen LogP) is 1.91. The zero-order valence-corrected chi connectivity index (χ0v) is 9.61. The molecule has 1 aliphatic rings. The molecule has 0 amide bonds. The largest absolute Gasteiger partial charge is 0.369 e. The van der Waals surface area contributed by atoms with Crippen LogP contribution >= 0.6 is 11.6 Å². The second-order valence-electron chi connectivity index (χ2n) is 4.08. The quantitative estimate of drug-likeness (QED) is 0.851. The zero-order valence-electron chi connectivity index (χ0n) is 8.86. The standard InChI is InChI=1S/C11H16ClN3/c1-15(11(6-13)8-2-3-8)10-4-5-14-7-9(10)12/h4-5,7-8,11H,2-3,6,13H2,1H3. The summed E-state index contributed by atoms with van der Waals surface area (Å²) < 4.78 is 0. The molecule has 1 fully saturated rings. The number of aromatic nitrogens is 1. The molecule has 0 spiro atoms. The summed E-state index contributed by atoms with van der Waals surface area (Å²) in [7, 11) is 2.05. The molecule has 0 saturated heterocycles. The minimum atomic E-state index is 0.407. The van der Waals surface area contributed by atoms with Crippen molar-refractivity contribution in [1.82, 2.24) is 4.98 Å². The maximum atomic E-state index is 6.10. The van der Waals surface area contributed by atoms with E-state index in [1.807, 2.05) is 6.07 Å². The Balaban J connectivity index is 2.18. The van der Waals surface area contributed by atoms with Crippen molar-refractivity contribution >= 4 is 17.3 Å². The summed E-state index contributed by atoms with van der Waals surface area (Å²) in [5, 5.41) is 0.694. The van der Waals surface area contributed by atoms with Gasteiger partial charge in [-0.1, -0.05) is 11.6 Å². The van der Waals surface area contributed by atoms with Gasteiger partial charge in [0.25, 0.3) is 0 Å². The molecule has 2 rings (SSSR count). The number of halogens is 1. The van der Waals surface area contributed by atoms with Crippen molar-refractivity contribution in [2.45, 2.75) is 18.9 Å². The molecule has 0 bridgehead atoms. The Kier molecular flexibility index (Phi) is 3.12. The first-order chi connectivity index (χ1) is 7.24. The summed E-state index contributed by atoms with van der Waals surface area (Å²) in [4.78, 5) is 6.17. The molecule has 15 heavy (non-hydrogen) atoms. The highest BCUT2D eigenvalue weighted by molar-refractivity contribution is 6.33. The van der Waals surface area contributed by atoms with Crippen LogP contribution in [-0.2, 0) is 0 Å². The molecular formula is C11H16ClN3. The molecule has 2 N–H and O–H groups in total. The van der Waals surface area contributed by atoms with Gasteiger partial charge in [0.1, 0.15) is 0 Å². The summed E-state index contributed by atoms with van der Waals surface area (Å²) in [6, 6.07) is 2.35. The minimum absolute atomic E-state index is 0.407. The normalized spacial score (nSPS) is 17.5. The molecule has 1 aliphatic carbocycles. The lowest BCUT2D eigenvalue weighted by molar-refractivity contribution is 0.570. The van der Waals surface area contributed by atoms with Crippen LogP contribution in [0.1, 0.15) is 12.8 Å². The van der Waals surface area contributed by atoms with Crippen molar-refractivity contribution in [1.29, 1.82) is 0 Å². The molecule has 1 aromatic rings. The lowest BCUT2D eigenvalue weighted by Crippen LogP contribution is -2.39. The topological polar surface area (TPSA) is 42.2 Å². The third kappa shape index (κ3) is 2.24. The molecule has 1 atom stereocenters. The first-order valence-electron chi connectivity index (χ1n) is 5.26. The third-order valence-electron chi connectivity index (χ3n) is 3.04. The third-order valence-corrected chi connectivity index (χ3v) is 3.33. The number of likely N-dealkylation sites (N-methyl/N-ethyl adjacent to an activating group) is 1. The van der Waals surface area contributed by atoms with E-state index in [1.165, 1.54) is 12.8 Å². The van der Waals surface area contributed by atoms with Crippen molar-refractivity contribution in [2.24, 2.45) is 11.7 Å². The molecule has 0 aliphatic heterocycles. The van der Waals surface area contributed by atoms with Gasteiger partial charge in [0.15, 0.2) is 0 Å². The summed E-state index contributed by atoms with van der Waals surface area (Å²) >= 11 is 6.10. The molecule has 1 unspecified atom stereocenters. The van der Waals surface area contributed by atoms with E-state index in [0.717, 1.165) is 11.6 Å². The number of nitrogens with zero attached hydrogens (tertiary/aromatic N) is 2. The molecule has 4 heteroatoms. The van der Waals surface area contributed by atoms with E-state index in [0.29, 0.717) is 17.6 Å². The van der Waals surface area contributed by atoms with E-state index in [9.17, 15) is 0 Å². The van der Waals surface area contributed by atoms with E-state index in [2.05, 4.69) is 16.9 Å². The van der Waals surface area contributed by atoms with Crippen LogP contribution in [0.25, 0.3) is 0 Å². The van der Waals surface area contributed by atoms with E-state index in [1.54, 1.807) is 12.4 Å². The molecule has 1 heterocycles. The Morgan fingerprint density at radius 2 is 2.40 bits per heavy atom. The molecule has 0 aromatic carbocycles. The van der Waals surface area contributed by atoms with Crippen LogP contribution in [0.15, 0.2) is 18.5 Å². The van der Waals surface area contributed by atoms with Crippen molar-refractivity contribution < 1.29 is 0 Å². The van der Waals surface area contributed by atoms with Gasteiger partial charge in [-0.25, -0.2) is 0 Å². The monoisotopic (exact) mass is 225 g/mol. The summed E-state index contributed by atoms with van der Waals surface area (Å²) in [5.41, 5.74) is 6.82. The van der Waals surface area contributed by atoms with E-state index in [4.69, 9.17) is 17.3 Å². The van der Waals surface area contributed by atoms with Gasteiger partial charge in [-0.3, -0.25) is 4.98 Å². The fourth-order valence-electron chi connectivity index (χ4n) is 1.98. The molecule has 3 nitrogen and oxygen atoms in total. The average molecular weight is 226 g/mol. The Bertz CT molecular complexity index is 338. The number of hydrogen-bond donors (Lipinski definition) is 1. The summed E-state index contributed by atoms with van der Waals surface area (Å²) in [6.45, 7) is 0.680. The van der Waals surface area contributed by atoms with Crippen LogP contribution in [-0.4, -0.2) is 24.6 Å². The first kappa shape index (κ1) is 10.7. The van der Waals surface area contributed by atoms with Crippen molar-refractivity contribution in [3.63, 3.8) is 0 Å². The fourth-order valence-corrected chi connectivity index (χ4v) is 2.23. The fraction of sp³-hybridized carbons (Fsp3) is 0.545. The molecule has 1 aromatic heterocycles. The lowest BCUT2D eigenvalue weighted by atomic mass is 10.1. The van der Waals surface area contributed by atoms with E-state index in [-0.39, 0.29) is 0 Å². The molecular weight excluding hydrogens is 210 g/mol. The smallest absolute Gasteiger partial charge is 0.0822 e. The number of pyridine rings is 1. The lowest BCUT2D eigenvalue weighted by Gasteiger charge is -2.29. The van der Waals surface area contributed by atoms with E-state index < -0.39 is 0 Å². The van der Waals surface area contributed by atoms with Gasteiger partial charge in [0.2, 0.25) is 0 Å². The van der Waals surface area contributed by atoms with E-state index >= 15 is 0 Å². The molecule has 1 saturated carbocycles. The predicted molar refractivity (Wildman–Crippen MR) is 63.2 cm³/mol. The second kappa shape index (κ2) is 4.37. The van der Waals surface area contributed by atoms with Crippen LogP contribution < -0.4 is 10.6 Å². The van der Waals surface area contributed by atoms with Gasteiger partial charge in [-0.2, -0.15) is 0 Å². The Labute approximate surface area is 95.2 Å². The number of rotatable bonds is 4. The zero-order chi connectivity index (χ0) is 10.8. The van der Waals surface area contributed by atoms with Crippen molar-refractivity contribution in [3.05, 3.63) is 23.5 Å². The number of nitrogens with two attached hydrogens (primary N) is 1. The Morgan fingerprint density at radius 3 is 2.93 bits per heavy atom. The van der Waals surface area contributed by atoms with Crippen LogP contribution in [0.5, 0.6) is 0 Å². The molecule has 0 radical (unpaired) electrons. The van der Waals surface area contributed by atoms with Crippen LogP contribution in [0, 0.1) is 5.92 Å². The van der Waals surface area contributed by atoms with Gasteiger partial charge in [-0.05, 0) is 24.8 Å². The highest BCUT2D eigenvalue weighted by atomic mass is 35.5. The van der Waals surface area contributed by atoms with Gasteiger partial charge < -0.3 is 10.6 Å². The van der Waals surface area contributed by atoms with Crippen molar-refractivity contribution in [2.75, 3.05) is 18.5 Å². The second-order valence-corrected chi connectivity index (χ2v) is 4.49. The minimum Gasteiger partial charge on any atom is -0.369 e. The Morgan fingerprint density at radius 1 is 1.67 bits per heavy atom. The number of anilines is 1.